The quantitative estimate of drug-likeness (QED) is 0.802. The van der Waals surface area contributed by atoms with Gasteiger partial charge in [0.2, 0.25) is 0 Å². The lowest BCUT2D eigenvalue weighted by atomic mass is 9.75. The van der Waals surface area contributed by atoms with Crippen LogP contribution in [0.15, 0.2) is 54.6 Å². The van der Waals surface area contributed by atoms with Crippen LogP contribution in [0.4, 0.5) is 5.69 Å². The monoisotopic (exact) mass is 305 g/mol. The third-order valence-corrected chi connectivity index (χ3v) is 5.12. The van der Waals surface area contributed by atoms with E-state index < -0.39 is 5.97 Å². The van der Waals surface area contributed by atoms with Crippen molar-refractivity contribution in [2.75, 3.05) is 5.32 Å². The molecular formula is C20H19NO2. The summed E-state index contributed by atoms with van der Waals surface area (Å²) in [6.07, 6.45) is 5.35. The van der Waals surface area contributed by atoms with E-state index in [2.05, 4.69) is 41.7 Å². The summed E-state index contributed by atoms with van der Waals surface area (Å²) in [4.78, 5) is 11.7. The summed E-state index contributed by atoms with van der Waals surface area (Å²) in [5.41, 5.74) is 4.72. The SMILES string of the molecule is Cc1ccc(C(=O)O)c2c1N[C@@H](c1ccccc1)[C@H]1CC=C[C@@H]21. The Morgan fingerprint density at radius 1 is 1.17 bits per heavy atom. The van der Waals surface area contributed by atoms with E-state index in [1.54, 1.807) is 6.07 Å². The maximum absolute atomic E-state index is 11.7. The van der Waals surface area contributed by atoms with Gasteiger partial charge in [0.15, 0.2) is 0 Å². The van der Waals surface area contributed by atoms with Crippen LogP contribution in [-0.4, -0.2) is 11.1 Å². The van der Waals surface area contributed by atoms with E-state index in [1.165, 1.54) is 5.56 Å². The van der Waals surface area contributed by atoms with Crippen LogP contribution in [0.5, 0.6) is 0 Å². The normalized spacial score (nSPS) is 24.7. The molecule has 116 valence electrons. The molecule has 2 aliphatic rings. The van der Waals surface area contributed by atoms with Gasteiger partial charge in [-0.15, -0.1) is 0 Å². The average Bonchev–Trinajstić information content (AvgIpc) is 3.05. The lowest BCUT2D eigenvalue weighted by Crippen LogP contribution is -2.31. The molecule has 0 saturated carbocycles. The maximum atomic E-state index is 11.7. The molecule has 1 aliphatic heterocycles. The number of nitrogens with one attached hydrogen (secondary N) is 1. The van der Waals surface area contributed by atoms with Crippen LogP contribution < -0.4 is 5.32 Å². The number of hydrogen-bond acceptors (Lipinski definition) is 2. The van der Waals surface area contributed by atoms with Crippen molar-refractivity contribution in [3.8, 4) is 0 Å². The summed E-state index contributed by atoms with van der Waals surface area (Å²) in [6, 6.07) is 14.3. The number of aryl methyl sites for hydroxylation is 1. The lowest BCUT2D eigenvalue weighted by molar-refractivity contribution is 0.0695. The van der Waals surface area contributed by atoms with Gasteiger partial charge in [0.05, 0.1) is 11.6 Å². The Morgan fingerprint density at radius 2 is 1.96 bits per heavy atom. The minimum atomic E-state index is -0.847. The number of carbonyl (C=O) groups is 1. The molecule has 3 heteroatoms. The van der Waals surface area contributed by atoms with E-state index in [4.69, 9.17) is 0 Å². The fourth-order valence-electron chi connectivity index (χ4n) is 4.03. The average molecular weight is 305 g/mol. The Hall–Kier alpha value is -2.55. The van der Waals surface area contributed by atoms with Gasteiger partial charge in [-0.25, -0.2) is 4.79 Å². The fourth-order valence-corrected chi connectivity index (χ4v) is 4.03. The second-order valence-corrected chi connectivity index (χ2v) is 6.41. The molecule has 0 bridgehead atoms. The van der Waals surface area contributed by atoms with Gasteiger partial charge in [-0.05, 0) is 42.0 Å². The molecule has 0 fully saturated rings. The van der Waals surface area contributed by atoms with Gasteiger partial charge in [0, 0.05) is 11.6 Å². The molecule has 3 nitrogen and oxygen atoms in total. The summed E-state index contributed by atoms with van der Waals surface area (Å²) in [7, 11) is 0. The number of allylic oxidation sites excluding steroid dienone is 2. The van der Waals surface area contributed by atoms with Crippen molar-refractivity contribution in [3.63, 3.8) is 0 Å². The second-order valence-electron chi connectivity index (χ2n) is 6.41. The Morgan fingerprint density at radius 3 is 2.70 bits per heavy atom. The summed E-state index contributed by atoms with van der Waals surface area (Å²) in [5, 5.41) is 13.2. The zero-order valence-corrected chi connectivity index (χ0v) is 13.0. The Bertz CT molecular complexity index is 795. The van der Waals surface area contributed by atoms with Gasteiger partial charge >= 0.3 is 5.97 Å². The highest BCUT2D eigenvalue weighted by molar-refractivity contribution is 5.93. The van der Waals surface area contributed by atoms with Gasteiger partial charge in [-0.3, -0.25) is 0 Å². The van der Waals surface area contributed by atoms with Gasteiger partial charge in [-0.1, -0.05) is 48.6 Å². The predicted molar refractivity (Wildman–Crippen MR) is 90.9 cm³/mol. The summed E-state index contributed by atoms with van der Waals surface area (Å²) >= 11 is 0. The van der Waals surface area contributed by atoms with Crippen LogP contribution in [0.1, 0.15) is 45.4 Å². The second kappa shape index (κ2) is 5.27. The molecular weight excluding hydrogens is 286 g/mol. The third kappa shape index (κ3) is 2.15. The van der Waals surface area contributed by atoms with E-state index in [0.29, 0.717) is 11.5 Å². The maximum Gasteiger partial charge on any atom is 0.336 e. The Kier molecular flexibility index (Phi) is 3.22. The smallest absolute Gasteiger partial charge is 0.336 e. The number of benzene rings is 2. The van der Waals surface area contributed by atoms with Gasteiger partial charge in [0.1, 0.15) is 0 Å². The Balaban J connectivity index is 1.89. The molecule has 0 amide bonds. The molecule has 23 heavy (non-hydrogen) atoms. The van der Waals surface area contributed by atoms with Crippen molar-refractivity contribution in [1.82, 2.24) is 0 Å². The molecule has 2 aromatic rings. The molecule has 0 aromatic heterocycles. The first-order chi connectivity index (χ1) is 11.2. The first-order valence-electron chi connectivity index (χ1n) is 8.01. The molecule has 1 heterocycles. The minimum absolute atomic E-state index is 0.169. The van der Waals surface area contributed by atoms with Gasteiger partial charge in [0.25, 0.3) is 0 Å². The molecule has 4 rings (SSSR count). The van der Waals surface area contributed by atoms with E-state index in [1.807, 2.05) is 19.1 Å². The fraction of sp³-hybridized carbons (Fsp3) is 0.250. The van der Waals surface area contributed by atoms with Crippen LogP contribution in [0.2, 0.25) is 0 Å². The highest BCUT2D eigenvalue weighted by atomic mass is 16.4. The summed E-state index contributed by atoms with van der Waals surface area (Å²) in [6.45, 7) is 2.04. The first kappa shape index (κ1) is 14.1. The predicted octanol–water partition coefficient (Wildman–Crippen LogP) is 4.52. The molecule has 2 N–H and O–H groups in total. The number of fused-ring (bicyclic) bond motifs is 3. The first-order valence-corrected chi connectivity index (χ1v) is 8.01. The van der Waals surface area contributed by atoms with E-state index in [0.717, 1.165) is 23.2 Å². The topological polar surface area (TPSA) is 49.3 Å². The van der Waals surface area contributed by atoms with Crippen LogP contribution >= 0.6 is 0 Å². The number of hydrogen-bond donors (Lipinski definition) is 2. The molecule has 0 saturated heterocycles. The van der Waals surface area contributed by atoms with Gasteiger partial charge in [-0.2, -0.15) is 0 Å². The number of carboxylic acids is 1. The lowest BCUT2D eigenvalue weighted by Gasteiger charge is -2.39. The number of aromatic carboxylic acids is 1. The highest BCUT2D eigenvalue weighted by Crippen LogP contribution is 2.51. The highest BCUT2D eigenvalue weighted by Gasteiger charge is 2.40. The molecule has 3 atom stereocenters. The molecule has 0 spiro atoms. The molecule has 0 unspecified atom stereocenters. The van der Waals surface area contributed by atoms with Crippen molar-refractivity contribution in [1.29, 1.82) is 0 Å². The molecule has 2 aromatic carbocycles. The largest absolute Gasteiger partial charge is 0.478 e. The van der Waals surface area contributed by atoms with E-state index >= 15 is 0 Å². The van der Waals surface area contributed by atoms with Crippen LogP contribution in [-0.2, 0) is 0 Å². The van der Waals surface area contributed by atoms with Crippen molar-refractivity contribution < 1.29 is 9.90 Å². The van der Waals surface area contributed by atoms with Crippen LogP contribution in [0.25, 0.3) is 0 Å². The summed E-state index contributed by atoms with van der Waals surface area (Å²) < 4.78 is 0. The zero-order chi connectivity index (χ0) is 16.0. The molecule has 1 aliphatic carbocycles. The standard InChI is InChI=1S/C20H19NO2/c1-12-10-11-16(20(22)23)17-14-8-5-9-15(14)19(21-18(12)17)13-6-3-2-4-7-13/h2-8,10-11,14-15,19,21H,9H2,1H3,(H,22,23)/t14-,15+,19+/m1/s1. The number of anilines is 1. The number of rotatable bonds is 2. The van der Waals surface area contributed by atoms with E-state index in [-0.39, 0.29) is 12.0 Å². The van der Waals surface area contributed by atoms with Crippen molar-refractivity contribution >= 4 is 11.7 Å². The van der Waals surface area contributed by atoms with Crippen LogP contribution in [0.3, 0.4) is 0 Å². The van der Waals surface area contributed by atoms with Crippen molar-refractivity contribution in [2.24, 2.45) is 5.92 Å². The van der Waals surface area contributed by atoms with Gasteiger partial charge < -0.3 is 10.4 Å². The Labute approximate surface area is 135 Å². The van der Waals surface area contributed by atoms with Crippen molar-refractivity contribution in [3.05, 3.63) is 76.9 Å². The zero-order valence-electron chi connectivity index (χ0n) is 13.0. The van der Waals surface area contributed by atoms with Crippen molar-refractivity contribution in [2.45, 2.75) is 25.3 Å². The number of carboxylic acid groups (broad SMARTS) is 1. The minimum Gasteiger partial charge on any atom is -0.478 e. The van der Waals surface area contributed by atoms with E-state index in [9.17, 15) is 9.90 Å². The summed E-state index contributed by atoms with van der Waals surface area (Å²) in [5.74, 6) is -0.312. The third-order valence-electron chi connectivity index (χ3n) is 5.12. The molecule has 0 radical (unpaired) electrons. The van der Waals surface area contributed by atoms with Crippen LogP contribution in [0, 0.1) is 12.8 Å².